The number of carbonyl (C=O) groups excluding carboxylic acids is 2. The first-order valence-electron chi connectivity index (χ1n) is 7.79. The monoisotopic (exact) mass is 281 g/mol. The third-order valence-electron chi connectivity index (χ3n) is 4.81. The highest BCUT2D eigenvalue weighted by molar-refractivity contribution is 6.06. The van der Waals surface area contributed by atoms with Crippen molar-refractivity contribution < 1.29 is 19.1 Å². The Morgan fingerprint density at radius 2 is 2.00 bits per heavy atom. The Hall–Kier alpha value is -0.940. The van der Waals surface area contributed by atoms with Gasteiger partial charge < -0.3 is 9.47 Å². The zero-order valence-corrected chi connectivity index (χ0v) is 11.9. The summed E-state index contributed by atoms with van der Waals surface area (Å²) in [7, 11) is 0. The maximum Gasteiger partial charge on any atom is 0.235 e. The second-order valence-corrected chi connectivity index (χ2v) is 6.18. The summed E-state index contributed by atoms with van der Waals surface area (Å²) >= 11 is 0. The predicted octanol–water partition coefficient (Wildman–Crippen LogP) is 1.85. The highest BCUT2D eigenvalue weighted by atomic mass is 16.7. The number of ether oxygens (including phenoxy) is 2. The average molecular weight is 281 g/mol. The van der Waals surface area contributed by atoms with E-state index in [1.54, 1.807) is 0 Å². The Morgan fingerprint density at radius 1 is 1.20 bits per heavy atom. The summed E-state index contributed by atoms with van der Waals surface area (Å²) in [4.78, 5) is 25.9. The Bertz CT molecular complexity index is 383. The van der Waals surface area contributed by atoms with Crippen molar-refractivity contribution in [2.75, 3.05) is 19.8 Å². The highest BCUT2D eigenvalue weighted by Gasteiger charge is 2.52. The van der Waals surface area contributed by atoms with Crippen molar-refractivity contribution in [3.63, 3.8) is 0 Å². The molecule has 112 valence electrons. The molecule has 20 heavy (non-hydrogen) atoms. The summed E-state index contributed by atoms with van der Waals surface area (Å²) in [6.45, 7) is 1.51. The number of rotatable bonds is 4. The van der Waals surface area contributed by atoms with E-state index in [4.69, 9.17) is 9.47 Å². The molecule has 5 heteroatoms. The molecule has 2 amide bonds. The lowest BCUT2D eigenvalue weighted by Crippen LogP contribution is -2.37. The molecule has 2 saturated heterocycles. The first-order valence-corrected chi connectivity index (χ1v) is 7.79. The number of nitrogens with zero attached hydrogens (tertiary/aromatic N) is 1. The van der Waals surface area contributed by atoms with E-state index in [1.807, 2.05) is 0 Å². The van der Waals surface area contributed by atoms with Gasteiger partial charge in [-0.1, -0.05) is 12.8 Å². The van der Waals surface area contributed by atoms with Gasteiger partial charge >= 0.3 is 0 Å². The normalized spacial score (nSPS) is 29.6. The number of hydrogen-bond acceptors (Lipinski definition) is 4. The van der Waals surface area contributed by atoms with Crippen LogP contribution in [0.2, 0.25) is 0 Å². The molecule has 0 aromatic rings. The van der Waals surface area contributed by atoms with Gasteiger partial charge in [0, 0.05) is 13.0 Å². The molecular weight excluding hydrogens is 258 g/mol. The molecule has 0 radical (unpaired) electrons. The van der Waals surface area contributed by atoms with E-state index in [1.165, 1.54) is 4.90 Å². The van der Waals surface area contributed by atoms with Crippen LogP contribution in [0.3, 0.4) is 0 Å². The van der Waals surface area contributed by atoms with Crippen molar-refractivity contribution in [1.29, 1.82) is 0 Å². The number of amides is 2. The highest BCUT2D eigenvalue weighted by Crippen LogP contribution is 2.46. The van der Waals surface area contributed by atoms with E-state index < -0.39 is 0 Å². The molecule has 0 unspecified atom stereocenters. The van der Waals surface area contributed by atoms with Crippen molar-refractivity contribution in [2.45, 2.75) is 57.7 Å². The second kappa shape index (κ2) is 5.82. The van der Waals surface area contributed by atoms with Crippen LogP contribution >= 0.6 is 0 Å². The zero-order chi connectivity index (χ0) is 14.0. The van der Waals surface area contributed by atoms with E-state index in [-0.39, 0.29) is 23.5 Å². The van der Waals surface area contributed by atoms with Gasteiger partial charge in [0.1, 0.15) is 0 Å². The number of hydrogen-bond donors (Lipinski definition) is 0. The fraction of sp³-hybridized carbons (Fsp3) is 0.867. The summed E-state index contributed by atoms with van der Waals surface area (Å²) in [6, 6.07) is 0. The Labute approximate surface area is 119 Å². The molecule has 3 fully saturated rings. The van der Waals surface area contributed by atoms with Crippen LogP contribution in [0.4, 0.5) is 0 Å². The summed E-state index contributed by atoms with van der Waals surface area (Å²) in [5, 5.41) is 0. The van der Waals surface area contributed by atoms with Gasteiger partial charge in [-0.2, -0.15) is 0 Å². The van der Waals surface area contributed by atoms with Gasteiger partial charge in [-0.15, -0.1) is 0 Å². The maximum absolute atomic E-state index is 12.4. The van der Waals surface area contributed by atoms with Crippen LogP contribution in [0, 0.1) is 5.41 Å². The van der Waals surface area contributed by atoms with Gasteiger partial charge in [0.2, 0.25) is 11.8 Å². The topological polar surface area (TPSA) is 55.8 Å². The van der Waals surface area contributed by atoms with Crippen LogP contribution in [-0.2, 0) is 19.1 Å². The molecule has 3 aliphatic rings. The lowest BCUT2D eigenvalue weighted by atomic mass is 9.84. The Balaban J connectivity index is 1.49. The van der Waals surface area contributed by atoms with Gasteiger partial charge in [0.25, 0.3) is 0 Å². The molecular formula is C15H23NO4. The summed E-state index contributed by atoms with van der Waals surface area (Å²) in [6.07, 6.45) is 7.26. The Kier molecular flexibility index (Phi) is 4.08. The van der Waals surface area contributed by atoms with E-state index in [9.17, 15) is 9.59 Å². The average Bonchev–Trinajstić information content (AvgIpc) is 3.01. The van der Waals surface area contributed by atoms with Crippen LogP contribution in [-0.4, -0.2) is 42.8 Å². The first kappa shape index (κ1) is 14.0. The largest absolute Gasteiger partial charge is 0.353 e. The van der Waals surface area contributed by atoms with Crippen molar-refractivity contribution in [2.24, 2.45) is 5.41 Å². The maximum atomic E-state index is 12.4. The van der Waals surface area contributed by atoms with Gasteiger partial charge in [-0.25, -0.2) is 0 Å². The molecule has 0 aromatic carbocycles. The van der Waals surface area contributed by atoms with E-state index in [2.05, 4.69) is 0 Å². The smallest absolute Gasteiger partial charge is 0.235 e. The predicted molar refractivity (Wildman–Crippen MR) is 71.8 cm³/mol. The van der Waals surface area contributed by atoms with Crippen molar-refractivity contribution in [3.05, 3.63) is 0 Å². The fourth-order valence-electron chi connectivity index (χ4n) is 3.65. The minimum absolute atomic E-state index is 0.0231. The van der Waals surface area contributed by atoms with Crippen molar-refractivity contribution in [1.82, 2.24) is 4.90 Å². The van der Waals surface area contributed by atoms with E-state index in [0.717, 1.165) is 51.6 Å². The minimum atomic E-state index is -0.363. The molecule has 2 aliphatic heterocycles. The van der Waals surface area contributed by atoms with Crippen molar-refractivity contribution in [3.8, 4) is 0 Å². The SMILES string of the molecule is O=C1CC2(CCCC2)C(=O)N1CCO[C@H]1CCCCO1. The summed E-state index contributed by atoms with van der Waals surface area (Å²) < 4.78 is 11.1. The van der Waals surface area contributed by atoms with Gasteiger partial charge in [0.05, 0.1) is 18.6 Å². The number of likely N-dealkylation sites (tertiary alicyclic amines) is 1. The lowest BCUT2D eigenvalue weighted by Gasteiger charge is -2.24. The zero-order valence-electron chi connectivity index (χ0n) is 11.9. The van der Waals surface area contributed by atoms with E-state index in [0.29, 0.717) is 19.6 Å². The number of imide groups is 1. The fourth-order valence-corrected chi connectivity index (χ4v) is 3.65. The molecule has 1 aliphatic carbocycles. The molecule has 0 bridgehead atoms. The lowest BCUT2D eigenvalue weighted by molar-refractivity contribution is -0.167. The minimum Gasteiger partial charge on any atom is -0.353 e. The third-order valence-corrected chi connectivity index (χ3v) is 4.81. The number of carbonyl (C=O) groups is 2. The standard InChI is InChI=1S/C15H23NO4/c17-12-11-15(6-2-3-7-15)14(18)16(12)8-10-20-13-5-1-4-9-19-13/h13H,1-11H2/t13-/m0/s1. The van der Waals surface area contributed by atoms with Crippen LogP contribution in [0.5, 0.6) is 0 Å². The van der Waals surface area contributed by atoms with Crippen molar-refractivity contribution >= 4 is 11.8 Å². The van der Waals surface area contributed by atoms with Crippen LogP contribution in [0.1, 0.15) is 51.4 Å². The molecule has 3 rings (SSSR count). The molecule has 1 spiro atoms. The molecule has 1 atom stereocenters. The summed E-state index contributed by atoms with van der Waals surface area (Å²) in [5.74, 6) is 0.0122. The first-order chi connectivity index (χ1) is 9.71. The van der Waals surface area contributed by atoms with Crippen LogP contribution in [0.25, 0.3) is 0 Å². The van der Waals surface area contributed by atoms with Crippen LogP contribution < -0.4 is 0 Å². The molecule has 5 nitrogen and oxygen atoms in total. The third kappa shape index (κ3) is 2.61. The quantitative estimate of drug-likeness (QED) is 0.738. The second-order valence-electron chi connectivity index (χ2n) is 6.18. The summed E-state index contributed by atoms with van der Waals surface area (Å²) in [5.41, 5.74) is -0.363. The van der Waals surface area contributed by atoms with Gasteiger partial charge in [-0.05, 0) is 32.1 Å². The van der Waals surface area contributed by atoms with Gasteiger partial charge in [0.15, 0.2) is 6.29 Å². The molecule has 0 N–H and O–H groups in total. The molecule has 1 saturated carbocycles. The van der Waals surface area contributed by atoms with Crippen LogP contribution in [0.15, 0.2) is 0 Å². The van der Waals surface area contributed by atoms with E-state index >= 15 is 0 Å². The molecule has 0 aromatic heterocycles. The van der Waals surface area contributed by atoms with Gasteiger partial charge in [-0.3, -0.25) is 14.5 Å². The molecule has 2 heterocycles. The Morgan fingerprint density at radius 3 is 2.70 bits per heavy atom.